The van der Waals surface area contributed by atoms with Gasteiger partial charge in [0.05, 0.1) is 25.7 Å². The van der Waals surface area contributed by atoms with Crippen LogP contribution in [-0.2, 0) is 14.8 Å². The summed E-state index contributed by atoms with van der Waals surface area (Å²) in [5.74, 6) is 0.271. The molecule has 0 aliphatic rings. The average Bonchev–Trinajstić information content (AvgIpc) is 2.63. The summed E-state index contributed by atoms with van der Waals surface area (Å²) in [6, 6.07) is 9.62. The number of anilines is 1. The molecule has 9 heteroatoms. The molecule has 0 heterocycles. The van der Waals surface area contributed by atoms with Gasteiger partial charge in [0.15, 0.2) is 11.5 Å². The lowest BCUT2D eigenvalue weighted by atomic mass is 10.2. The van der Waals surface area contributed by atoms with Crippen molar-refractivity contribution in [1.82, 2.24) is 4.31 Å². The van der Waals surface area contributed by atoms with Crippen LogP contribution in [0.2, 0.25) is 0 Å². The highest BCUT2D eigenvalue weighted by Crippen LogP contribution is 2.30. The Bertz CT molecular complexity index is 947. The van der Waals surface area contributed by atoms with Crippen LogP contribution in [0.5, 0.6) is 11.5 Å². The summed E-state index contributed by atoms with van der Waals surface area (Å²) in [6.45, 7) is 1.57. The van der Waals surface area contributed by atoms with Gasteiger partial charge in [0.1, 0.15) is 0 Å². The van der Waals surface area contributed by atoms with Gasteiger partial charge >= 0.3 is 0 Å². The first-order chi connectivity index (χ1) is 12.7. The van der Waals surface area contributed by atoms with Crippen molar-refractivity contribution >= 4 is 37.5 Å². The molecule has 7 nitrogen and oxygen atoms in total. The van der Waals surface area contributed by atoms with Gasteiger partial charge in [-0.15, -0.1) is 0 Å². The van der Waals surface area contributed by atoms with E-state index in [0.717, 1.165) is 14.3 Å². The number of hydrogen-bond acceptors (Lipinski definition) is 5. The number of likely N-dealkylation sites (N-methyl/N-ethyl adjacent to an activating group) is 1. The number of sulfonamides is 1. The van der Waals surface area contributed by atoms with Crippen LogP contribution >= 0.6 is 15.9 Å². The Labute approximate surface area is 167 Å². The van der Waals surface area contributed by atoms with Gasteiger partial charge in [-0.3, -0.25) is 4.79 Å². The fourth-order valence-electron chi connectivity index (χ4n) is 2.37. The van der Waals surface area contributed by atoms with E-state index in [2.05, 4.69) is 21.2 Å². The second-order valence-electron chi connectivity index (χ2n) is 5.79. The maximum absolute atomic E-state index is 12.7. The highest BCUT2D eigenvalue weighted by Gasteiger charge is 2.24. The summed E-state index contributed by atoms with van der Waals surface area (Å²) in [5.41, 5.74) is 1.55. The number of halogens is 1. The van der Waals surface area contributed by atoms with Gasteiger partial charge in [-0.05, 0) is 42.8 Å². The fourth-order valence-corrected chi connectivity index (χ4v) is 3.76. The number of benzene rings is 2. The Hall–Kier alpha value is -2.10. The zero-order valence-corrected chi connectivity index (χ0v) is 17.8. The van der Waals surface area contributed by atoms with E-state index < -0.39 is 15.9 Å². The third-order valence-corrected chi connectivity index (χ3v) is 6.56. The molecule has 0 saturated heterocycles. The first kappa shape index (κ1) is 21.2. The molecule has 2 rings (SSSR count). The van der Waals surface area contributed by atoms with Crippen molar-refractivity contribution in [3.05, 3.63) is 46.4 Å². The number of carbonyl (C=O) groups is 1. The number of amides is 1. The molecule has 0 bridgehead atoms. The summed E-state index contributed by atoms with van der Waals surface area (Å²) >= 11 is 3.39. The van der Waals surface area contributed by atoms with Crippen molar-refractivity contribution in [1.29, 1.82) is 0 Å². The Morgan fingerprint density at radius 2 is 1.78 bits per heavy atom. The number of ether oxygens (including phenoxy) is 2. The van der Waals surface area contributed by atoms with Crippen molar-refractivity contribution < 1.29 is 22.7 Å². The van der Waals surface area contributed by atoms with Crippen LogP contribution in [0.4, 0.5) is 5.69 Å². The SMILES string of the molecule is COc1ccc(S(=O)(=O)N(C)CC(=O)Nc2ccc(Br)c(C)c2)cc1OC. The van der Waals surface area contributed by atoms with Gasteiger partial charge in [0.25, 0.3) is 0 Å². The monoisotopic (exact) mass is 456 g/mol. The molecular weight excluding hydrogens is 436 g/mol. The summed E-state index contributed by atoms with van der Waals surface area (Å²) in [6.07, 6.45) is 0. The lowest BCUT2D eigenvalue weighted by Crippen LogP contribution is -2.35. The zero-order valence-electron chi connectivity index (χ0n) is 15.4. The van der Waals surface area contributed by atoms with Crippen LogP contribution in [0.3, 0.4) is 0 Å². The standard InChI is InChI=1S/C18H21BrN2O5S/c1-12-9-13(5-7-15(12)19)20-18(22)11-21(2)27(23,24)14-6-8-16(25-3)17(10-14)26-4/h5-10H,11H2,1-4H3,(H,20,22). The minimum Gasteiger partial charge on any atom is -0.493 e. The first-order valence-electron chi connectivity index (χ1n) is 7.93. The van der Waals surface area contributed by atoms with Crippen molar-refractivity contribution in [2.45, 2.75) is 11.8 Å². The molecule has 2 aromatic rings. The van der Waals surface area contributed by atoms with Crippen molar-refractivity contribution in [2.75, 3.05) is 33.1 Å². The quantitative estimate of drug-likeness (QED) is 0.691. The van der Waals surface area contributed by atoms with E-state index in [0.29, 0.717) is 17.2 Å². The second kappa shape index (κ2) is 8.73. The predicted molar refractivity (Wildman–Crippen MR) is 107 cm³/mol. The fraction of sp³-hybridized carbons (Fsp3) is 0.278. The van der Waals surface area contributed by atoms with Gasteiger partial charge in [-0.1, -0.05) is 15.9 Å². The van der Waals surface area contributed by atoms with Crippen LogP contribution in [-0.4, -0.2) is 46.4 Å². The van der Waals surface area contributed by atoms with Crippen molar-refractivity contribution in [2.24, 2.45) is 0 Å². The number of methoxy groups -OCH3 is 2. The molecule has 2 aromatic carbocycles. The molecule has 27 heavy (non-hydrogen) atoms. The summed E-state index contributed by atoms with van der Waals surface area (Å²) < 4.78 is 37.6. The third-order valence-electron chi connectivity index (χ3n) is 3.87. The van der Waals surface area contributed by atoms with E-state index in [-0.39, 0.29) is 11.4 Å². The van der Waals surface area contributed by atoms with Gasteiger partial charge in [0, 0.05) is 23.3 Å². The molecule has 1 amide bonds. The molecular formula is C18H21BrN2O5S. The normalized spacial score (nSPS) is 11.3. The van der Waals surface area contributed by atoms with Crippen LogP contribution in [0.15, 0.2) is 45.8 Å². The van der Waals surface area contributed by atoms with Crippen molar-refractivity contribution in [3.63, 3.8) is 0 Å². The highest BCUT2D eigenvalue weighted by molar-refractivity contribution is 9.10. The van der Waals surface area contributed by atoms with Crippen LogP contribution in [0, 0.1) is 6.92 Å². The number of hydrogen-bond donors (Lipinski definition) is 1. The van der Waals surface area contributed by atoms with Crippen LogP contribution < -0.4 is 14.8 Å². The van der Waals surface area contributed by atoms with Crippen LogP contribution in [0.25, 0.3) is 0 Å². The lowest BCUT2D eigenvalue weighted by Gasteiger charge is -2.18. The molecule has 0 saturated carbocycles. The van der Waals surface area contributed by atoms with E-state index in [1.165, 1.54) is 39.5 Å². The Morgan fingerprint density at radius 1 is 1.11 bits per heavy atom. The average molecular weight is 457 g/mol. The van der Waals surface area contributed by atoms with Crippen molar-refractivity contribution in [3.8, 4) is 11.5 Å². The summed E-state index contributed by atoms with van der Waals surface area (Å²) in [4.78, 5) is 12.3. The largest absolute Gasteiger partial charge is 0.493 e. The number of aryl methyl sites for hydroxylation is 1. The van der Waals surface area contributed by atoms with E-state index in [9.17, 15) is 13.2 Å². The van der Waals surface area contributed by atoms with E-state index in [4.69, 9.17) is 9.47 Å². The maximum atomic E-state index is 12.7. The number of nitrogens with zero attached hydrogens (tertiary/aromatic N) is 1. The molecule has 0 spiro atoms. The molecule has 0 unspecified atom stereocenters. The molecule has 146 valence electrons. The second-order valence-corrected chi connectivity index (χ2v) is 8.69. The molecule has 1 N–H and O–H groups in total. The lowest BCUT2D eigenvalue weighted by molar-refractivity contribution is -0.116. The van der Waals surface area contributed by atoms with Gasteiger partial charge < -0.3 is 14.8 Å². The molecule has 0 aliphatic carbocycles. The Balaban J connectivity index is 2.14. The third kappa shape index (κ3) is 5.00. The zero-order chi connectivity index (χ0) is 20.2. The smallest absolute Gasteiger partial charge is 0.243 e. The van der Waals surface area contributed by atoms with Gasteiger partial charge in [0.2, 0.25) is 15.9 Å². The summed E-state index contributed by atoms with van der Waals surface area (Å²) in [7, 11) is 0.363. The number of nitrogens with one attached hydrogen (secondary N) is 1. The van der Waals surface area contributed by atoms with Crippen LogP contribution in [0.1, 0.15) is 5.56 Å². The summed E-state index contributed by atoms with van der Waals surface area (Å²) in [5, 5.41) is 2.69. The number of carbonyl (C=O) groups excluding carboxylic acids is 1. The van der Waals surface area contributed by atoms with Gasteiger partial charge in [-0.2, -0.15) is 4.31 Å². The predicted octanol–water partition coefficient (Wildman–Crippen LogP) is 3.03. The number of rotatable bonds is 7. The minimum atomic E-state index is -3.87. The molecule has 0 aromatic heterocycles. The Morgan fingerprint density at radius 3 is 2.37 bits per heavy atom. The Kier molecular flexibility index (Phi) is 6.85. The molecule has 0 aliphatic heterocycles. The van der Waals surface area contributed by atoms with E-state index >= 15 is 0 Å². The molecule has 0 atom stereocenters. The molecule has 0 radical (unpaired) electrons. The highest BCUT2D eigenvalue weighted by atomic mass is 79.9. The van der Waals surface area contributed by atoms with E-state index in [1.807, 2.05) is 13.0 Å². The maximum Gasteiger partial charge on any atom is 0.243 e. The minimum absolute atomic E-state index is 0.00920. The molecule has 0 fully saturated rings. The topological polar surface area (TPSA) is 84.9 Å². The first-order valence-corrected chi connectivity index (χ1v) is 10.2. The van der Waals surface area contributed by atoms with Gasteiger partial charge in [-0.25, -0.2) is 8.42 Å². The van der Waals surface area contributed by atoms with E-state index in [1.54, 1.807) is 12.1 Å².